The summed E-state index contributed by atoms with van der Waals surface area (Å²) in [5.74, 6) is 0.893. The van der Waals surface area contributed by atoms with Gasteiger partial charge in [-0.3, -0.25) is 0 Å². The van der Waals surface area contributed by atoms with E-state index in [1.54, 1.807) is 0 Å². The molecule has 0 aromatic heterocycles. The predicted molar refractivity (Wildman–Crippen MR) is 69.6 cm³/mol. The van der Waals surface area contributed by atoms with Crippen LogP contribution in [0.25, 0.3) is 11.1 Å². The summed E-state index contributed by atoms with van der Waals surface area (Å²) in [5, 5.41) is 0. The first-order valence-electron chi connectivity index (χ1n) is 5.20. The molecule has 0 saturated carbocycles. The zero-order valence-electron chi connectivity index (χ0n) is 9.03. The molecule has 2 aromatic carbocycles. The number of benzene rings is 2. The summed E-state index contributed by atoms with van der Waals surface area (Å²) in [6.45, 7) is 2.65. The van der Waals surface area contributed by atoms with Crippen molar-refractivity contribution < 1.29 is 4.74 Å². The van der Waals surface area contributed by atoms with Gasteiger partial charge >= 0.3 is 0 Å². The Bertz CT molecular complexity index is 465. The van der Waals surface area contributed by atoms with E-state index in [0.717, 1.165) is 21.3 Å². The van der Waals surface area contributed by atoms with Crippen LogP contribution in [0.4, 0.5) is 0 Å². The third-order valence-corrected chi connectivity index (χ3v) is 2.90. The molecular weight excluding hydrogens is 264 g/mol. The van der Waals surface area contributed by atoms with Gasteiger partial charge in [-0.2, -0.15) is 0 Å². The van der Waals surface area contributed by atoms with Crippen molar-refractivity contribution in [3.63, 3.8) is 0 Å². The summed E-state index contributed by atoms with van der Waals surface area (Å²) in [5.41, 5.74) is 2.21. The highest BCUT2D eigenvalue weighted by Gasteiger charge is 2.08. The highest BCUT2D eigenvalue weighted by molar-refractivity contribution is 9.10. The Morgan fingerprint density at radius 2 is 2.12 bits per heavy atom. The Kier molecular flexibility index (Phi) is 3.62. The van der Waals surface area contributed by atoms with Crippen LogP contribution in [0.15, 0.2) is 46.9 Å². The smallest absolute Gasteiger partial charge is 0.141 e. The maximum Gasteiger partial charge on any atom is 0.141 e. The maximum absolute atomic E-state index is 5.66. The number of hydrogen-bond donors (Lipinski definition) is 0. The lowest BCUT2D eigenvalue weighted by Gasteiger charge is -2.11. The zero-order valence-corrected chi connectivity index (χ0v) is 10.6. The molecule has 0 atom stereocenters. The van der Waals surface area contributed by atoms with Gasteiger partial charge in [-0.1, -0.05) is 30.3 Å². The van der Waals surface area contributed by atoms with Crippen LogP contribution in [0.5, 0.6) is 5.75 Å². The standard InChI is InChI=1S/C14H12BrO/c1-2-16-14-12(9-6-10-13(14)15)11-7-4-3-5-8-11/h3-4,6-10H,2H2,1H3. The second-order valence-corrected chi connectivity index (χ2v) is 4.20. The van der Waals surface area contributed by atoms with Gasteiger partial charge in [0.05, 0.1) is 11.1 Å². The minimum Gasteiger partial charge on any atom is -0.492 e. The van der Waals surface area contributed by atoms with Gasteiger partial charge in [-0.25, -0.2) is 0 Å². The number of para-hydroxylation sites is 1. The van der Waals surface area contributed by atoms with Crippen LogP contribution in [-0.4, -0.2) is 6.61 Å². The van der Waals surface area contributed by atoms with Gasteiger partial charge in [0.2, 0.25) is 0 Å². The van der Waals surface area contributed by atoms with Crippen LogP contribution in [-0.2, 0) is 0 Å². The molecule has 16 heavy (non-hydrogen) atoms. The highest BCUT2D eigenvalue weighted by atomic mass is 79.9. The van der Waals surface area contributed by atoms with Crippen molar-refractivity contribution in [2.75, 3.05) is 6.61 Å². The van der Waals surface area contributed by atoms with Crippen molar-refractivity contribution in [1.82, 2.24) is 0 Å². The lowest BCUT2D eigenvalue weighted by atomic mass is 10.1. The minimum absolute atomic E-state index is 0.659. The number of hydrogen-bond acceptors (Lipinski definition) is 1. The van der Waals surface area contributed by atoms with Crippen molar-refractivity contribution in [2.45, 2.75) is 6.92 Å². The van der Waals surface area contributed by atoms with E-state index < -0.39 is 0 Å². The third kappa shape index (κ3) is 2.27. The van der Waals surface area contributed by atoms with Gasteiger partial charge in [0, 0.05) is 5.56 Å². The Morgan fingerprint density at radius 1 is 1.25 bits per heavy atom. The largest absolute Gasteiger partial charge is 0.492 e. The predicted octanol–water partition coefficient (Wildman–Crippen LogP) is 4.31. The SMILES string of the molecule is CCOc1c(Br)cccc1-c1c[c]ccc1. The average Bonchev–Trinajstić information content (AvgIpc) is 2.33. The monoisotopic (exact) mass is 275 g/mol. The first kappa shape index (κ1) is 11.2. The molecule has 2 heteroatoms. The van der Waals surface area contributed by atoms with Gasteiger partial charge in [-0.05, 0) is 46.6 Å². The molecule has 0 saturated heterocycles. The van der Waals surface area contributed by atoms with E-state index in [2.05, 4.69) is 34.1 Å². The molecule has 0 heterocycles. The van der Waals surface area contributed by atoms with Crippen LogP contribution in [0.3, 0.4) is 0 Å². The second-order valence-electron chi connectivity index (χ2n) is 3.34. The molecule has 0 N–H and O–H groups in total. The van der Waals surface area contributed by atoms with Crippen molar-refractivity contribution in [1.29, 1.82) is 0 Å². The van der Waals surface area contributed by atoms with Crippen molar-refractivity contribution in [2.24, 2.45) is 0 Å². The molecule has 1 radical (unpaired) electrons. The first-order chi connectivity index (χ1) is 7.83. The van der Waals surface area contributed by atoms with Gasteiger partial charge in [0.1, 0.15) is 5.75 Å². The summed E-state index contributed by atoms with van der Waals surface area (Å²) in [6, 6.07) is 17.0. The molecule has 0 bridgehead atoms. The number of ether oxygens (including phenoxy) is 1. The van der Waals surface area contributed by atoms with Crippen LogP contribution < -0.4 is 4.74 Å². The van der Waals surface area contributed by atoms with Gasteiger partial charge in [0.15, 0.2) is 0 Å². The summed E-state index contributed by atoms with van der Waals surface area (Å²) < 4.78 is 6.64. The quantitative estimate of drug-likeness (QED) is 0.811. The lowest BCUT2D eigenvalue weighted by molar-refractivity contribution is 0.339. The average molecular weight is 276 g/mol. The molecule has 81 valence electrons. The molecule has 0 fully saturated rings. The minimum atomic E-state index is 0.659. The summed E-state index contributed by atoms with van der Waals surface area (Å²) in [7, 11) is 0. The van der Waals surface area contributed by atoms with Gasteiger partial charge < -0.3 is 4.74 Å². The molecule has 0 spiro atoms. The number of halogens is 1. The second kappa shape index (κ2) is 5.17. The molecule has 2 aromatic rings. The van der Waals surface area contributed by atoms with Crippen LogP contribution >= 0.6 is 15.9 Å². The molecule has 1 nitrogen and oxygen atoms in total. The highest BCUT2D eigenvalue weighted by Crippen LogP contribution is 2.36. The first-order valence-corrected chi connectivity index (χ1v) is 6.00. The van der Waals surface area contributed by atoms with E-state index in [0.29, 0.717) is 6.61 Å². The normalized spacial score (nSPS) is 10.1. The number of rotatable bonds is 3. The molecular formula is C14H12BrO. The van der Waals surface area contributed by atoms with E-state index in [1.165, 1.54) is 0 Å². The van der Waals surface area contributed by atoms with Crippen molar-refractivity contribution in [3.8, 4) is 16.9 Å². The van der Waals surface area contributed by atoms with Crippen molar-refractivity contribution in [3.05, 3.63) is 53.0 Å². The third-order valence-electron chi connectivity index (χ3n) is 2.27. The fourth-order valence-corrected chi connectivity index (χ4v) is 2.07. The van der Waals surface area contributed by atoms with E-state index in [4.69, 9.17) is 4.74 Å². The summed E-state index contributed by atoms with van der Waals surface area (Å²) >= 11 is 3.51. The van der Waals surface area contributed by atoms with Crippen LogP contribution in [0.2, 0.25) is 0 Å². The van der Waals surface area contributed by atoms with E-state index >= 15 is 0 Å². The Balaban J connectivity index is 2.52. The molecule has 0 unspecified atom stereocenters. The van der Waals surface area contributed by atoms with Crippen LogP contribution in [0, 0.1) is 6.07 Å². The van der Waals surface area contributed by atoms with E-state index in [1.807, 2.05) is 37.3 Å². The Labute approximate surface area is 104 Å². The van der Waals surface area contributed by atoms with Crippen molar-refractivity contribution >= 4 is 15.9 Å². The van der Waals surface area contributed by atoms with E-state index in [-0.39, 0.29) is 0 Å². The Morgan fingerprint density at radius 3 is 2.81 bits per heavy atom. The molecule has 2 rings (SSSR count). The fraction of sp³-hybridized carbons (Fsp3) is 0.143. The molecule has 0 aliphatic carbocycles. The topological polar surface area (TPSA) is 9.23 Å². The molecule has 0 aliphatic rings. The lowest BCUT2D eigenvalue weighted by Crippen LogP contribution is -1.95. The fourth-order valence-electron chi connectivity index (χ4n) is 1.59. The summed E-state index contributed by atoms with van der Waals surface area (Å²) in [4.78, 5) is 0. The van der Waals surface area contributed by atoms with Gasteiger partial charge in [-0.15, -0.1) is 0 Å². The maximum atomic E-state index is 5.66. The van der Waals surface area contributed by atoms with Crippen LogP contribution in [0.1, 0.15) is 6.92 Å². The Hall–Kier alpha value is -1.28. The molecule has 0 aliphatic heterocycles. The summed E-state index contributed by atoms with van der Waals surface area (Å²) in [6.07, 6.45) is 0. The molecule has 0 amide bonds. The zero-order chi connectivity index (χ0) is 11.4. The van der Waals surface area contributed by atoms with E-state index in [9.17, 15) is 0 Å². The van der Waals surface area contributed by atoms with Gasteiger partial charge in [0.25, 0.3) is 0 Å².